The zero-order valence-electron chi connectivity index (χ0n) is 11.1. The molecule has 0 aliphatic carbocycles. The highest BCUT2D eigenvalue weighted by Gasteiger charge is 2.33. The SMILES string of the molecule is CCC1CN(C(=O)Cn2ccc(C(F)(F)F)n2)CCO1. The highest BCUT2D eigenvalue weighted by Crippen LogP contribution is 2.27. The van der Waals surface area contributed by atoms with Crippen LogP contribution in [0, 0.1) is 0 Å². The van der Waals surface area contributed by atoms with E-state index in [1.54, 1.807) is 4.90 Å². The number of aromatic nitrogens is 2. The van der Waals surface area contributed by atoms with Gasteiger partial charge in [0, 0.05) is 19.3 Å². The molecule has 2 rings (SSSR count). The first-order valence-electron chi connectivity index (χ1n) is 6.40. The fraction of sp³-hybridized carbons (Fsp3) is 0.667. The number of carbonyl (C=O) groups is 1. The molecule has 1 aromatic heterocycles. The van der Waals surface area contributed by atoms with E-state index in [4.69, 9.17) is 4.74 Å². The normalized spacial score (nSPS) is 20.2. The molecule has 0 bridgehead atoms. The third-order valence-electron chi connectivity index (χ3n) is 3.18. The molecule has 5 nitrogen and oxygen atoms in total. The van der Waals surface area contributed by atoms with Crippen molar-refractivity contribution in [2.24, 2.45) is 0 Å². The number of morpholine rings is 1. The molecule has 0 N–H and O–H groups in total. The van der Waals surface area contributed by atoms with Crippen LogP contribution in [0.15, 0.2) is 12.3 Å². The Balaban J connectivity index is 1.96. The average Bonchev–Trinajstić information content (AvgIpc) is 2.87. The average molecular weight is 291 g/mol. The summed E-state index contributed by atoms with van der Waals surface area (Å²) in [4.78, 5) is 13.6. The molecule has 20 heavy (non-hydrogen) atoms. The summed E-state index contributed by atoms with van der Waals surface area (Å²) in [7, 11) is 0. The Kier molecular flexibility index (Phi) is 4.32. The molecule has 1 atom stereocenters. The second kappa shape index (κ2) is 5.82. The minimum Gasteiger partial charge on any atom is -0.375 e. The lowest BCUT2D eigenvalue weighted by Gasteiger charge is -2.32. The summed E-state index contributed by atoms with van der Waals surface area (Å²) in [5.74, 6) is -0.247. The van der Waals surface area contributed by atoms with Crippen molar-refractivity contribution in [3.63, 3.8) is 0 Å². The molecule has 0 aromatic carbocycles. The molecule has 1 unspecified atom stereocenters. The van der Waals surface area contributed by atoms with Crippen LogP contribution in [0.5, 0.6) is 0 Å². The van der Waals surface area contributed by atoms with Crippen LogP contribution >= 0.6 is 0 Å². The summed E-state index contributed by atoms with van der Waals surface area (Å²) in [5, 5.41) is 3.37. The number of alkyl halides is 3. The van der Waals surface area contributed by atoms with Crippen LogP contribution in [0.2, 0.25) is 0 Å². The monoisotopic (exact) mass is 291 g/mol. The number of halogens is 3. The number of amides is 1. The lowest BCUT2D eigenvalue weighted by molar-refractivity contribution is -0.143. The minimum absolute atomic E-state index is 0.00365. The Morgan fingerprint density at radius 2 is 2.30 bits per heavy atom. The van der Waals surface area contributed by atoms with Crippen LogP contribution in [-0.4, -0.2) is 46.4 Å². The van der Waals surface area contributed by atoms with E-state index in [-0.39, 0.29) is 18.6 Å². The van der Waals surface area contributed by atoms with Crippen molar-refractivity contribution in [3.05, 3.63) is 18.0 Å². The molecule has 0 saturated carbocycles. The van der Waals surface area contributed by atoms with E-state index < -0.39 is 11.9 Å². The summed E-state index contributed by atoms with van der Waals surface area (Å²) in [5.41, 5.74) is -0.987. The molecule has 1 aromatic rings. The molecule has 1 fully saturated rings. The molecule has 1 saturated heterocycles. The van der Waals surface area contributed by atoms with Crippen molar-refractivity contribution >= 4 is 5.91 Å². The van der Waals surface area contributed by atoms with Crippen molar-refractivity contribution in [1.82, 2.24) is 14.7 Å². The van der Waals surface area contributed by atoms with Gasteiger partial charge >= 0.3 is 6.18 Å². The maximum Gasteiger partial charge on any atom is 0.435 e. The van der Waals surface area contributed by atoms with Crippen LogP contribution < -0.4 is 0 Å². The third-order valence-corrected chi connectivity index (χ3v) is 3.18. The van der Waals surface area contributed by atoms with Gasteiger partial charge in [-0.25, -0.2) is 0 Å². The maximum absolute atomic E-state index is 12.4. The first-order valence-corrected chi connectivity index (χ1v) is 6.40. The quantitative estimate of drug-likeness (QED) is 0.848. The largest absolute Gasteiger partial charge is 0.435 e. The molecule has 1 amide bonds. The molecular formula is C12H16F3N3O2. The van der Waals surface area contributed by atoms with Gasteiger partial charge in [-0.15, -0.1) is 0 Å². The van der Waals surface area contributed by atoms with Crippen molar-refractivity contribution in [1.29, 1.82) is 0 Å². The van der Waals surface area contributed by atoms with Gasteiger partial charge in [0.15, 0.2) is 5.69 Å². The molecule has 0 radical (unpaired) electrons. The van der Waals surface area contributed by atoms with Gasteiger partial charge in [-0.05, 0) is 12.5 Å². The summed E-state index contributed by atoms with van der Waals surface area (Å²) in [6.45, 7) is 3.16. The highest BCUT2D eigenvalue weighted by atomic mass is 19.4. The van der Waals surface area contributed by atoms with Crippen molar-refractivity contribution in [2.75, 3.05) is 19.7 Å². The van der Waals surface area contributed by atoms with Gasteiger partial charge in [-0.1, -0.05) is 6.92 Å². The Morgan fingerprint density at radius 3 is 2.90 bits per heavy atom. The number of ether oxygens (including phenoxy) is 1. The number of nitrogens with zero attached hydrogens (tertiary/aromatic N) is 3. The number of carbonyl (C=O) groups excluding carboxylic acids is 1. The summed E-state index contributed by atoms with van der Waals surface area (Å²) >= 11 is 0. The Hall–Kier alpha value is -1.57. The zero-order chi connectivity index (χ0) is 14.8. The van der Waals surface area contributed by atoms with E-state index >= 15 is 0 Å². The van der Waals surface area contributed by atoms with Crippen LogP contribution in [0.1, 0.15) is 19.0 Å². The first kappa shape index (κ1) is 14.8. The minimum atomic E-state index is -4.49. The second-order valence-electron chi connectivity index (χ2n) is 4.64. The van der Waals surface area contributed by atoms with Crippen molar-refractivity contribution < 1.29 is 22.7 Å². The Labute approximate surface area is 114 Å². The number of hydrogen-bond acceptors (Lipinski definition) is 3. The zero-order valence-corrected chi connectivity index (χ0v) is 11.1. The third kappa shape index (κ3) is 3.50. The topological polar surface area (TPSA) is 47.4 Å². The van der Waals surface area contributed by atoms with Gasteiger partial charge in [0.2, 0.25) is 5.91 Å². The summed E-state index contributed by atoms with van der Waals surface area (Å²) in [6, 6.07) is 0.863. The molecule has 0 spiro atoms. The highest BCUT2D eigenvalue weighted by molar-refractivity contribution is 5.76. The number of rotatable bonds is 3. The van der Waals surface area contributed by atoms with Gasteiger partial charge < -0.3 is 9.64 Å². The van der Waals surface area contributed by atoms with Gasteiger partial charge in [-0.3, -0.25) is 9.48 Å². The van der Waals surface area contributed by atoms with Crippen molar-refractivity contribution in [2.45, 2.75) is 32.2 Å². The lowest BCUT2D eigenvalue weighted by atomic mass is 10.2. The van der Waals surface area contributed by atoms with E-state index in [2.05, 4.69) is 5.10 Å². The van der Waals surface area contributed by atoms with Gasteiger partial charge in [0.25, 0.3) is 0 Å². The predicted octanol–water partition coefficient (Wildman–Crippen LogP) is 1.54. The predicted molar refractivity (Wildman–Crippen MR) is 63.8 cm³/mol. The Morgan fingerprint density at radius 1 is 1.55 bits per heavy atom. The van der Waals surface area contributed by atoms with Gasteiger partial charge in [0.1, 0.15) is 6.54 Å². The van der Waals surface area contributed by atoms with E-state index in [0.29, 0.717) is 19.7 Å². The summed E-state index contributed by atoms with van der Waals surface area (Å²) in [6.07, 6.45) is -2.53. The van der Waals surface area contributed by atoms with E-state index in [1.807, 2.05) is 6.92 Å². The summed E-state index contributed by atoms with van der Waals surface area (Å²) < 4.78 is 43.7. The molecule has 112 valence electrons. The Bertz CT molecular complexity index is 473. The van der Waals surface area contributed by atoms with Crippen molar-refractivity contribution in [3.8, 4) is 0 Å². The van der Waals surface area contributed by atoms with Gasteiger partial charge in [0.05, 0.1) is 12.7 Å². The number of hydrogen-bond donors (Lipinski definition) is 0. The van der Waals surface area contributed by atoms with Crippen LogP contribution in [0.25, 0.3) is 0 Å². The smallest absolute Gasteiger partial charge is 0.375 e. The van der Waals surface area contributed by atoms with Gasteiger partial charge in [-0.2, -0.15) is 18.3 Å². The molecule has 1 aliphatic heterocycles. The fourth-order valence-corrected chi connectivity index (χ4v) is 2.03. The van der Waals surface area contributed by atoms with E-state index in [0.717, 1.165) is 17.2 Å². The van der Waals surface area contributed by atoms with Crippen LogP contribution in [0.4, 0.5) is 13.2 Å². The fourth-order valence-electron chi connectivity index (χ4n) is 2.03. The van der Waals surface area contributed by atoms with Crippen LogP contribution in [0.3, 0.4) is 0 Å². The maximum atomic E-state index is 12.4. The molecular weight excluding hydrogens is 275 g/mol. The molecule has 2 heterocycles. The lowest BCUT2D eigenvalue weighted by Crippen LogP contribution is -2.46. The van der Waals surface area contributed by atoms with E-state index in [9.17, 15) is 18.0 Å². The molecule has 1 aliphatic rings. The molecule has 8 heteroatoms. The van der Waals surface area contributed by atoms with E-state index in [1.165, 1.54) is 6.20 Å². The van der Waals surface area contributed by atoms with Crippen LogP contribution in [-0.2, 0) is 22.3 Å². The second-order valence-corrected chi connectivity index (χ2v) is 4.64. The standard InChI is InChI=1S/C12H16F3N3O2/c1-2-9-7-17(5-6-20-9)11(19)8-18-4-3-10(16-18)12(13,14)15/h3-4,9H,2,5-8H2,1H3. The first-order chi connectivity index (χ1) is 9.40.